The van der Waals surface area contributed by atoms with Gasteiger partial charge in [-0.1, -0.05) is 5.16 Å². The van der Waals surface area contributed by atoms with Gasteiger partial charge in [0.25, 0.3) is 0 Å². The van der Waals surface area contributed by atoms with Crippen LogP contribution in [0.5, 0.6) is 0 Å². The van der Waals surface area contributed by atoms with Crippen molar-refractivity contribution in [2.75, 3.05) is 5.32 Å². The Morgan fingerprint density at radius 3 is 2.89 bits per heavy atom. The van der Waals surface area contributed by atoms with Crippen molar-refractivity contribution in [1.29, 1.82) is 0 Å². The predicted molar refractivity (Wildman–Crippen MR) is 62.8 cm³/mol. The molecule has 1 unspecified atom stereocenters. The number of hydrogen-bond donors (Lipinski definition) is 2. The largest absolute Gasteiger partial charge is 0.360 e. The zero-order valence-corrected chi connectivity index (χ0v) is 10.3. The van der Waals surface area contributed by atoms with Gasteiger partial charge in [0.2, 0.25) is 0 Å². The lowest BCUT2D eigenvalue weighted by atomic mass is 10.3. The average Bonchev–Trinajstić information content (AvgIpc) is 2.87. The number of aryl methyl sites for hydroxylation is 2. The molecule has 0 aromatic carbocycles. The van der Waals surface area contributed by atoms with E-state index in [0.29, 0.717) is 17.4 Å². The highest BCUT2D eigenvalue weighted by Crippen LogP contribution is 2.09. The summed E-state index contributed by atoms with van der Waals surface area (Å²) in [5.74, 6) is 1.67. The summed E-state index contributed by atoms with van der Waals surface area (Å²) in [5, 5.41) is 16.6. The first-order valence-electron chi connectivity index (χ1n) is 5.41. The fourth-order valence-electron chi connectivity index (χ4n) is 1.52. The minimum Gasteiger partial charge on any atom is -0.360 e. The minimum atomic E-state index is -0.376. The molecule has 2 heterocycles. The summed E-state index contributed by atoms with van der Waals surface area (Å²) in [4.78, 5) is 11.7. The molecule has 0 fully saturated rings. The van der Waals surface area contributed by atoms with Crippen molar-refractivity contribution in [3.8, 4) is 0 Å². The topological polar surface area (TPSA) is 97.9 Å². The van der Waals surface area contributed by atoms with E-state index in [1.165, 1.54) is 0 Å². The standard InChI is InChI=1S/C10H14N6O2/c1-6-4-8(15-18-6)13-10(17)12-7(2)9-14-11-5-16(9)3/h4-5,7H,1-3H3,(H2,12,13,15,17). The second-order valence-electron chi connectivity index (χ2n) is 3.94. The van der Waals surface area contributed by atoms with E-state index in [1.54, 1.807) is 23.9 Å². The van der Waals surface area contributed by atoms with E-state index < -0.39 is 0 Å². The van der Waals surface area contributed by atoms with Crippen LogP contribution in [0.25, 0.3) is 0 Å². The third kappa shape index (κ3) is 2.65. The van der Waals surface area contributed by atoms with E-state index in [4.69, 9.17) is 4.52 Å². The Kier molecular flexibility index (Phi) is 3.26. The molecule has 2 N–H and O–H groups in total. The summed E-state index contributed by atoms with van der Waals surface area (Å²) in [5.41, 5.74) is 0. The van der Waals surface area contributed by atoms with Crippen LogP contribution < -0.4 is 10.6 Å². The normalized spacial score (nSPS) is 12.2. The van der Waals surface area contributed by atoms with Crippen LogP contribution in [0.15, 0.2) is 16.9 Å². The molecular formula is C10H14N6O2. The van der Waals surface area contributed by atoms with Crippen LogP contribution in [-0.4, -0.2) is 26.0 Å². The zero-order chi connectivity index (χ0) is 13.1. The summed E-state index contributed by atoms with van der Waals surface area (Å²) in [6.45, 7) is 3.57. The average molecular weight is 250 g/mol. The van der Waals surface area contributed by atoms with Gasteiger partial charge in [-0.2, -0.15) is 0 Å². The highest BCUT2D eigenvalue weighted by atomic mass is 16.5. The molecule has 0 aliphatic carbocycles. The molecule has 96 valence electrons. The lowest BCUT2D eigenvalue weighted by Crippen LogP contribution is -2.32. The molecule has 0 saturated heterocycles. The summed E-state index contributed by atoms with van der Waals surface area (Å²) in [6.07, 6.45) is 1.58. The fraction of sp³-hybridized carbons (Fsp3) is 0.400. The lowest BCUT2D eigenvalue weighted by molar-refractivity contribution is 0.248. The second-order valence-corrected chi connectivity index (χ2v) is 3.94. The number of amides is 2. The monoisotopic (exact) mass is 250 g/mol. The molecule has 0 spiro atoms. The van der Waals surface area contributed by atoms with Gasteiger partial charge in [-0.3, -0.25) is 5.32 Å². The Labute approximate surface area is 103 Å². The summed E-state index contributed by atoms with van der Waals surface area (Å²) >= 11 is 0. The molecule has 2 amide bonds. The predicted octanol–water partition coefficient (Wildman–Crippen LogP) is 0.994. The van der Waals surface area contributed by atoms with Crippen LogP contribution in [0.4, 0.5) is 10.6 Å². The molecular weight excluding hydrogens is 236 g/mol. The minimum absolute atomic E-state index is 0.259. The van der Waals surface area contributed by atoms with Gasteiger partial charge in [0.15, 0.2) is 11.6 Å². The van der Waals surface area contributed by atoms with Gasteiger partial charge in [0, 0.05) is 13.1 Å². The Morgan fingerprint density at radius 1 is 1.56 bits per heavy atom. The van der Waals surface area contributed by atoms with E-state index in [1.807, 2.05) is 14.0 Å². The van der Waals surface area contributed by atoms with Crippen LogP contribution in [-0.2, 0) is 7.05 Å². The Morgan fingerprint density at radius 2 is 2.33 bits per heavy atom. The Balaban J connectivity index is 1.93. The molecule has 18 heavy (non-hydrogen) atoms. The van der Waals surface area contributed by atoms with Crippen LogP contribution in [0.1, 0.15) is 24.6 Å². The van der Waals surface area contributed by atoms with Crippen molar-refractivity contribution in [3.63, 3.8) is 0 Å². The van der Waals surface area contributed by atoms with Gasteiger partial charge in [-0.15, -0.1) is 10.2 Å². The van der Waals surface area contributed by atoms with Crippen molar-refractivity contribution in [3.05, 3.63) is 24.0 Å². The van der Waals surface area contributed by atoms with Gasteiger partial charge in [-0.05, 0) is 13.8 Å². The highest BCUT2D eigenvalue weighted by Gasteiger charge is 2.14. The molecule has 0 bridgehead atoms. The zero-order valence-electron chi connectivity index (χ0n) is 10.3. The van der Waals surface area contributed by atoms with E-state index in [2.05, 4.69) is 26.0 Å². The van der Waals surface area contributed by atoms with Crippen LogP contribution in [0, 0.1) is 6.92 Å². The molecule has 1 atom stereocenters. The number of urea groups is 1. The number of nitrogens with zero attached hydrogens (tertiary/aromatic N) is 4. The molecule has 8 heteroatoms. The first-order valence-corrected chi connectivity index (χ1v) is 5.41. The SMILES string of the molecule is Cc1cc(NC(=O)NC(C)c2nncn2C)no1. The molecule has 0 saturated carbocycles. The quantitative estimate of drug-likeness (QED) is 0.846. The van der Waals surface area contributed by atoms with E-state index in [-0.39, 0.29) is 12.1 Å². The molecule has 2 aromatic heterocycles. The lowest BCUT2D eigenvalue weighted by Gasteiger charge is -2.12. The molecule has 2 rings (SSSR count). The third-order valence-corrected chi connectivity index (χ3v) is 2.35. The molecule has 0 radical (unpaired) electrons. The van der Waals surface area contributed by atoms with Crippen LogP contribution in [0.3, 0.4) is 0 Å². The van der Waals surface area contributed by atoms with E-state index in [9.17, 15) is 4.79 Å². The molecule has 2 aromatic rings. The maximum absolute atomic E-state index is 11.7. The van der Waals surface area contributed by atoms with Crippen molar-refractivity contribution >= 4 is 11.8 Å². The van der Waals surface area contributed by atoms with E-state index >= 15 is 0 Å². The van der Waals surface area contributed by atoms with Crippen molar-refractivity contribution in [2.24, 2.45) is 7.05 Å². The number of hydrogen-bond acceptors (Lipinski definition) is 5. The Bertz CT molecular complexity index is 546. The number of aromatic nitrogens is 4. The summed E-state index contributed by atoms with van der Waals surface area (Å²) in [6, 6.07) is 0.997. The number of rotatable bonds is 3. The fourth-order valence-corrected chi connectivity index (χ4v) is 1.52. The maximum atomic E-state index is 11.7. The van der Waals surface area contributed by atoms with Gasteiger partial charge >= 0.3 is 6.03 Å². The molecule has 8 nitrogen and oxygen atoms in total. The molecule has 0 aliphatic heterocycles. The first kappa shape index (κ1) is 12.1. The van der Waals surface area contributed by atoms with Crippen molar-refractivity contribution in [2.45, 2.75) is 19.9 Å². The third-order valence-electron chi connectivity index (χ3n) is 2.35. The highest BCUT2D eigenvalue weighted by molar-refractivity contribution is 5.88. The number of anilines is 1. The van der Waals surface area contributed by atoms with Crippen molar-refractivity contribution in [1.82, 2.24) is 25.2 Å². The maximum Gasteiger partial charge on any atom is 0.321 e. The van der Waals surface area contributed by atoms with Gasteiger partial charge in [0.1, 0.15) is 12.1 Å². The number of carbonyl (C=O) groups is 1. The summed E-state index contributed by atoms with van der Waals surface area (Å²) in [7, 11) is 1.81. The smallest absolute Gasteiger partial charge is 0.321 e. The molecule has 0 aliphatic rings. The number of nitrogens with one attached hydrogen (secondary N) is 2. The Hall–Kier alpha value is -2.38. The van der Waals surface area contributed by atoms with Crippen molar-refractivity contribution < 1.29 is 9.32 Å². The summed E-state index contributed by atoms with van der Waals surface area (Å²) < 4.78 is 6.58. The first-order chi connectivity index (χ1) is 8.56. The number of carbonyl (C=O) groups excluding carboxylic acids is 1. The van der Waals surface area contributed by atoms with Gasteiger partial charge in [0.05, 0.1) is 6.04 Å². The van der Waals surface area contributed by atoms with E-state index in [0.717, 1.165) is 0 Å². The van der Waals surface area contributed by atoms with Gasteiger partial charge < -0.3 is 14.4 Å². The van der Waals surface area contributed by atoms with Crippen LogP contribution >= 0.6 is 0 Å². The van der Waals surface area contributed by atoms with Gasteiger partial charge in [-0.25, -0.2) is 4.79 Å². The second kappa shape index (κ2) is 4.86. The van der Waals surface area contributed by atoms with Crippen LogP contribution in [0.2, 0.25) is 0 Å².